The summed E-state index contributed by atoms with van der Waals surface area (Å²) in [7, 11) is -3.27. The molecule has 8 heteroatoms. The number of hydrogen-bond acceptors (Lipinski definition) is 5. The molecule has 21 heavy (non-hydrogen) atoms. The molecule has 0 saturated carbocycles. The maximum absolute atomic E-state index is 11.3. The Bertz CT molecular complexity index is 609. The SMILES string of the molecule is CC(C)(CNc1cc(Cl)nc(C(C)(C)C)n1)NS(C)(=O)=O. The standard InChI is InChI=1S/C13H23ClN4O2S/c1-12(2,3)11-16-9(14)7-10(17-11)15-8-13(4,5)18-21(6,19)20/h7,18H,8H2,1-6H3,(H,15,16,17). The molecule has 120 valence electrons. The van der Waals surface area contributed by atoms with Gasteiger partial charge in [-0.05, 0) is 13.8 Å². The largest absolute Gasteiger partial charge is 0.368 e. The van der Waals surface area contributed by atoms with E-state index < -0.39 is 15.6 Å². The zero-order valence-corrected chi connectivity index (χ0v) is 14.9. The van der Waals surface area contributed by atoms with Gasteiger partial charge in [-0.25, -0.2) is 23.1 Å². The first-order valence-electron chi connectivity index (χ1n) is 6.56. The summed E-state index contributed by atoms with van der Waals surface area (Å²) in [6.45, 7) is 9.94. The van der Waals surface area contributed by atoms with Crippen LogP contribution in [0.15, 0.2) is 6.07 Å². The first kappa shape index (κ1) is 18.1. The van der Waals surface area contributed by atoms with Crippen molar-refractivity contribution in [1.82, 2.24) is 14.7 Å². The third kappa shape index (κ3) is 6.58. The van der Waals surface area contributed by atoms with Crippen molar-refractivity contribution in [3.63, 3.8) is 0 Å². The number of aromatic nitrogens is 2. The summed E-state index contributed by atoms with van der Waals surface area (Å²) in [5.74, 6) is 1.20. The summed E-state index contributed by atoms with van der Waals surface area (Å²) < 4.78 is 25.2. The molecule has 0 aromatic carbocycles. The quantitative estimate of drug-likeness (QED) is 0.806. The fraction of sp³-hybridized carbons (Fsp3) is 0.692. The molecule has 1 aromatic heterocycles. The van der Waals surface area contributed by atoms with E-state index in [1.165, 1.54) is 0 Å². The number of sulfonamides is 1. The summed E-state index contributed by atoms with van der Waals surface area (Å²) in [4.78, 5) is 8.63. The smallest absolute Gasteiger partial charge is 0.209 e. The number of hydrogen-bond donors (Lipinski definition) is 2. The molecular weight excluding hydrogens is 312 g/mol. The number of halogens is 1. The van der Waals surface area contributed by atoms with Gasteiger partial charge < -0.3 is 5.32 Å². The van der Waals surface area contributed by atoms with Crippen LogP contribution in [-0.4, -0.2) is 36.7 Å². The number of anilines is 1. The fourth-order valence-corrected chi connectivity index (χ4v) is 2.95. The van der Waals surface area contributed by atoms with Crippen molar-refractivity contribution >= 4 is 27.4 Å². The van der Waals surface area contributed by atoms with Crippen LogP contribution in [0.3, 0.4) is 0 Å². The van der Waals surface area contributed by atoms with E-state index in [2.05, 4.69) is 20.0 Å². The fourth-order valence-electron chi connectivity index (χ4n) is 1.69. The van der Waals surface area contributed by atoms with E-state index in [-0.39, 0.29) is 5.41 Å². The Hall–Kier alpha value is -0.920. The number of nitrogens with zero attached hydrogens (tertiary/aromatic N) is 2. The van der Waals surface area contributed by atoms with Gasteiger partial charge in [-0.2, -0.15) is 0 Å². The molecule has 0 saturated heterocycles. The zero-order chi connectivity index (χ0) is 16.5. The van der Waals surface area contributed by atoms with Crippen molar-refractivity contribution in [2.45, 2.75) is 45.6 Å². The molecule has 0 aliphatic carbocycles. The van der Waals surface area contributed by atoms with Crippen molar-refractivity contribution in [3.05, 3.63) is 17.0 Å². The van der Waals surface area contributed by atoms with Crippen LogP contribution in [0.5, 0.6) is 0 Å². The van der Waals surface area contributed by atoms with Gasteiger partial charge in [-0.15, -0.1) is 0 Å². The minimum absolute atomic E-state index is 0.220. The van der Waals surface area contributed by atoms with Crippen molar-refractivity contribution < 1.29 is 8.42 Å². The Kier molecular flexibility index (Phi) is 5.23. The van der Waals surface area contributed by atoms with Gasteiger partial charge in [-0.1, -0.05) is 32.4 Å². The van der Waals surface area contributed by atoms with Crippen LogP contribution in [0.4, 0.5) is 5.82 Å². The van der Waals surface area contributed by atoms with E-state index in [1.54, 1.807) is 19.9 Å². The van der Waals surface area contributed by atoms with Gasteiger partial charge in [0, 0.05) is 23.6 Å². The van der Waals surface area contributed by atoms with Crippen molar-refractivity contribution in [2.75, 3.05) is 18.1 Å². The zero-order valence-electron chi connectivity index (χ0n) is 13.3. The maximum atomic E-state index is 11.3. The molecule has 6 nitrogen and oxygen atoms in total. The minimum Gasteiger partial charge on any atom is -0.368 e. The molecule has 1 aromatic rings. The Morgan fingerprint density at radius 3 is 2.24 bits per heavy atom. The van der Waals surface area contributed by atoms with Gasteiger partial charge in [-0.3, -0.25) is 0 Å². The highest BCUT2D eigenvalue weighted by molar-refractivity contribution is 7.88. The maximum Gasteiger partial charge on any atom is 0.209 e. The molecule has 1 heterocycles. The highest BCUT2D eigenvalue weighted by atomic mass is 35.5. The van der Waals surface area contributed by atoms with Crippen molar-refractivity contribution in [3.8, 4) is 0 Å². The molecule has 0 aliphatic heterocycles. The van der Waals surface area contributed by atoms with Gasteiger partial charge >= 0.3 is 0 Å². The average Bonchev–Trinajstić information content (AvgIpc) is 2.21. The summed E-state index contributed by atoms with van der Waals surface area (Å²) >= 11 is 6.01. The lowest BCUT2D eigenvalue weighted by Gasteiger charge is -2.26. The minimum atomic E-state index is -3.27. The van der Waals surface area contributed by atoms with Gasteiger partial charge in [0.15, 0.2) is 0 Å². The molecule has 0 atom stereocenters. The van der Waals surface area contributed by atoms with Gasteiger partial charge in [0.25, 0.3) is 0 Å². The number of nitrogens with one attached hydrogen (secondary N) is 2. The van der Waals surface area contributed by atoms with Gasteiger partial charge in [0.05, 0.1) is 6.26 Å². The van der Waals surface area contributed by atoms with Crippen LogP contribution in [0.25, 0.3) is 0 Å². The molecule has 1 rings (SSSR count). The molecule has 2 N–H and O–H groups in total. The molecule has 0 fully saturated rings. The van der Waals surface area contributed by atoms with Crippen molar-refractivity contribution in [1.29, 1.82) is 0 Å². The molecule has 0 amide bonds. The molecule has 0 radical (unpaired) electrons. The lowest BCUT2D eigenvalue weighted by Crippen LogP contribution is -2.47. The van der Waals surface area contributed by atoms with Crippen LogP contribution < -0.4 is 10.0 Å². The lowest BCUT2D eigenvalue weighted by molar-refractivity contribution is 0.475. The van der Waals surface area contributed by atoms with Crippen LogP contribution in [0.2, 0.25) is 5.15 Å². The second kappa shape index (κ2) is 6.06. The molecule has 0 bridgehead atoms. The van der Waals surface area contributed by atoms with Gasteiger partial charge in [0.1, 0.15) is 16.8 Å². The normalized spacial score (nSPS) is 13.3. The Morgan fingerprint density at radius 2 is 1.76 bits per heavy atom. The highest BCUT2D eigenvalue weighted by Crippen LogP contribution is 2.22. The Labute approximate surface area is 131 Å². The van der Waals surface area contributed by atoms with Crippen molar-refractivity contribution in [2.24, 2.45) is 0 Å². The summed E-state index contributed by atoms with van der Waals surface area (Å²) in [5.41, 5.74) is -0.866. The van der Waals surface area contributed by atoms with E-state index in [4.69, 9.17) is 11.6 Å². The molecular formula is C13H23ClN4O2S. The third-order valence-electron chi connectivity index (χ3n) is 2.54. The summed E-state index contributed by atoms with van der Waals surface area (Å²) in [5, 5.41) is 3.45. The Morgan fingerprint density at radius 1 is 1.19 bits per heavy atom. The van der Waals surface area contributed by atoms with E-state index in [0.717, 1.165) is 6.26 Å². The lowest BCUT2D eigenvalue weighted by atomic mass is 9.96. The monoisotopic (exact) mass is 334 g/mol. The van der Waals surface area contributed by atoms with E-state index in [1.807, 2.05) is 20.8 Å². The van der Waals surface area contributed by atoms with Gasteiger partial charge in [0.2, 0.25) is 10.0 Å². The van der Waals surface area contributed by atoms with E-state index in [9.17, 15) is 8.42 Å². The topological polar surface area (TPSA) is 84.0 Å². The highest BCUT2D eigenvalue weighted by Gasteiger charge is 2.23. The predicted octanol–water partition coefficient (Wildman–Crippen LogP) is 2.17. The second-order valence-electron chi connectivity index (χ2n) is 6.76. The number of rotatable bonds is 5. The summed E-state index contributed by atoms with van der Waals surface area (Å²) in [6, 6.07) is 1.62. The predicted molar refractivity (Wildman–Crippen MR) is 86.3 cm³/mol. The summed E-state index contributed by atoms with van der Waals surface area (Å²) in [6.07, 6.45) is 1.13. The molecule has 0 aliphatic rings. The van der Waals surface area contributed by atoms with Crippen LogP contribution in [-0.2, 0) is 15.4 Å². The third-order valence-corrected chi connectivity index (χ3v) is 3.66. The van der Waals surface area contributed by atoms with Crippen LogP contribution >= 0.6 is 11.6 Å². The van der Waals surface area contributed by atoms with Crippen LogP contribution in [0, 0.1) is 0 Å². The first-order valence-corrected chi connectivity index (χ1v) is 8.83. The second-order valence-corrected chi connectivity index (χ2v) is 8.90. The molecule has 0 unspecified atom stereocenters. The van der Waals surface area contributed by atoms with E-state index >= 15 is 0 Å². The van der Waals surface area contributed by atoms with E-state index in [0.29, 0.717) is 23.3 Å². The molecule has 0 spiro atoms. The van der Waals surface area contributed by atoms with Crippen LogP contribution in [0.1, 0.15) is 40.4 Å². The average molecular weight is 335 g/mol. The first-order chi connectivity index (χ1) is 9.28. The Balaban J connectivity index is 2.87.